The second kappa shape index (κ2) is 5.44. The van der Waals surface area contributed by atoms with Crippen molar-refractivity contribution in [3.63, 3.8) is 0 Å². The summed E-state index contributed by atoms with van der Waals surface area (Å²) in [5, 5.41) is 19.7. The van der Waals surface area contributed by atoms with E-state index in [-0.39, 0.29) is 16.4 Å². The lowest BCUT2D eigenvalue weighted by molar-refractivity contribution is -0.384. The van der Waals surface area contributed by atoms with Crippen LogP contribution in [0.25, 0.3) is 0 Å². The van der Waals surface area contributed by atoms with Gasteiger partial charge in [-0.05, 0) is 12.1 Å². The fourth-order valence-electron chi connectivity index (χ4n) is 1.29. The third kappa shape index (κ3) is 3.05. The molecule has 0 amide bonds. The van der Waals surface area contributed by atoms with Gasteiger partial charge >= 0.3 is 5.97 Å². The first kappa shape index (κ1) is 13.0. The molecule has 0 saturated heterocycles. The molecule has 7 nitrogen and oxygen atoms in total. The molecule has 1 N–H and O–H groups in total. The molecule has 0 aliphatic carbocycles. The largest absolute Gasteiger partial charge is 0.476 e. The molecule has 0 aliphatic rings. The Morgan fingerprint density at radius 1 is 1.21 bits per heavy atom. The number of benzene rings is 1. The van der Waals surface area contributed by atoms with Crippen LogP contribution in [0, 0.1) is 10.1 Å². The summed E-state index contributed by atoms with van der Waals surface area (Å²) in [5.74, 6) is -1.17. The molecule has 0 bridgehead atoms. The van der Waals surface area contributed by atoms with Crippen LogP contribution in [-0.4, -0.2) is 26.0 Å². The van der Waals surface area contributed by atoms with Crippen LogP contribution in [0.5, 0.6) is 0 Å². The summed E-state index contributed by atoms with van der Waals surface area (Å²) in [6.07, 6.45) is 2.68. The zero-order chi connectivity index (χ0) is 13.8. The summed E-state index contributed by atoms with van der Waals surface area (Å²) in [5.41, 5.74) is -0.173. The summed E-state index contributed by atoms with van der Waals surface area (Å²) >= 11 is 1.09. The first-order chi connectivity index (χ1) is 9.08. The van der Waals surface area contributed by atoms with E-state index in [9.17, 15) is 14.9 Å². The molecule has 0 radical (unpaired) electrons. The van der Waals surface area contributed by atoms with Crippen molar-refractivity contribution >= 4 is 23.4 Å². The van der Waals surface area contributed by atoms with Crippen molar-refractivity contribution in [1.82, 2.24) is 9.97 Å². The maximum atomic E-state index is 11.0. The number of nitro groups is 1. The number of hydrogen-bond donors (Lipinski definition) is 1. The van der Waals surface area contributed by atoms with E-state index in [1.807, 2.05) is 0 Å². The van der Waals surface area contributed by atoms with E-state index in [4.69, 9.17) is 5.11 Å². The predicted molar refractivity (Wildman–Crippen MR) is 66.2 cm³/mol. The van der Waals surface area contributed by atoms with E-state index < -0.39 is 10.9 Å². The molecule has 0 fully saturated rings. The number of non-ortho nitro benzene ring substituents is 1. The van der Waals surface area contributed by atoms with Gasteiger partial charge < -0.3 is 5.11 Å². The Hall–Kier alpha value is -2.48. The van der Waals surface area contributed by atoms with Gasteiger partial charge in [0.1, 0.15) is 5.03 Å². The van der Waals surface area contributed by atoms with Crippen LogP contribution in [-0.2, 0) is 0 Å². The molecule has 0 atom stereocenters. The summed E-state index contributed by atoms with van der Waals surface area (Å²) in [7, 11) is 0. The highest BCUT2D eigenvalue weighted by molar-refractivity contribution is 7.99. The SMILES string of the molecule is O=C(O)c1nccnc1Sc1ccc([N+](=O)[O-])cc1. The molecule has 2 rings (SSSR count). The van der Waals surface area contributed by atoms with E-state index >= 15 is 0 Å². The fraction of sp³-hybridized carbons (Fsp3) is 0. The first-order valence-electron chi connectivity index (χ1n) is 5.04. The highest BCUT2D eigenvalue weighted by Gasteiger charge is 2.14. The highest BCUT2D eigenvalue weighted by atomic mass is 32.2. The average molecular weight is 277 g/mol. The Bertz CT molecular complexity index is 630. The minimum absolute atomic E-state index is 0.0260. The number of rotatable bonds is 4. The summed E-state index contributed by atoms with van der Waals surface area (Å²) in [4.78, 5) is 29.3. The molecule has 1 aromatic carbocycles. The number of aromatic nitrogens is 2. The van der Waals surface area contributed by atoms with Crippen LogP contribution in [0.2, 0.25) is 0 Å². The van der Waals surface area contributed by atoms with E-state index in [1.54, 1.807) is 0 Å². The van der Waals surface area contributed by atoms with Gasteiger partial charge in [-0.15, -0.1) is 0 Å². The van der Waals surface area contributed by atoms with Gasteiger partial charge in [-0.1, -0.05) is 11.8 Å². The number of aromatic carboxylic acids is 1. The molecule has 8 heteroatoms. The van der Waals surface area contributed by atoms with E-state index in [1.165, 1.54) is 36.7 Å². The molecule has 0 saturated carbocycles. The summed E-state index contributed by atoms with van der Waals surface area (Å²) in [6, 6.07) is 5.75. The zero-order valence-corrected chi connectivity index (χ0v) is 10.2. The molecule has 0 unspecified atom stereocenters. The number of carbonyl (C=O) groups is 1. The Morgan fingerprint density at radius 2 is 1.84 bits per heavy atom. The van der Waals surface area contributed by atoms with Crippen molar-refractivity contribution in [3.8, 4) is 0 Å². The van der Waals surface area contributed by atoms with Gasteiger partial charge in [0.25, 0.3) is 5.69 Å². The second-order valence-corrected chi connectivity index (χ2v) is 4.43. The van der Waals surface area contributed by atoms with Gasteiger partial charge in [0.15, 0.2) is 5.69 Å². The van der Waals surface area contributed by atoms with Crippen LogP contribution in [0.4, 0.5) is 5.69 Å². The number of nitrogens with zero attached hydrogens (tertiary/aromatic N) is 3. The van der Waals surface area contributed by atoms with Gasteiger partial charge in [-0.2, -0.15) is 0 Å². The Balaban J connectivity index is 2.26. The van der Waals surface area contributed by atoms with Crippen LogP contribution >= 0.6 is 11.8 Å². The molecule has 19 heavy (non-hydrogen) atoms. The summed E-state index contributed by atoms with van der Waals surface area (Å²) < 4.78 is 0. The molecule has 0 aliphatic heterocycles. The Labute approximate surface area is 111 Å². The van der Waals surface area contributed by atoms with E-state index in [0.717, 1.165) is 11.8 Å². The third-order valence-electron chi connectivity index (χ3n) is 2.13. The van der Waals surface area contributed by atoms with Crippen LogP contribution in [0.1, 0.15) is 10.5 Å². The number of carboxylic acid groups (broad SMARTS) is 1. The second-order valence-electron chi connectivity index (χ2n) is 3.37. The lowest BCUT2D eigenvalue weighted by Gasteiger charge is -2.03. The predicted octanol–water partition coefficient (Wildman–Crippen LogP) is 2.23. The maximum absolute atomic E-state index is 11.0. The maximum Gasteiger partial charge on any atom is 0.357 e. The van der Waals surface area contributed by atoms with Crippen molar-refractivity contribution in [3.05, 3.63) is 52.5 Å². The molecular weight excluding hydrogens is 270 g/mol. The van der Waals surface area contributed by atoms with Gasteiger partial charge in [0.05, 0.1) is 4.92 Å². The normalized spacial score (nSPS) is 10.1. The third-order valence-corrected chi connectivity index (χ3v) is 3.13. The van der Waals surface area contributed by atoms with Crippen molar-refractivity contribution in [2.75, 3.05) is 0 Å². The van der Waals surface area contributed by atoms with Crippen molar-refractivity contribution < 1.29 is 14.8 Å². The summed E-state index contributed by atoms with van der Waals surface area (Å²) in [6.45, 7) is 0. The first-order valence-corrected chi connectivity index (χ1v) is 5.86. The minimum atomic E-state index is -1.17. The minimum Gasteiger partial charge on any atom is -0.476 e. The molecule has 96 valence electrons. The average Bonchev–Trinajstić information content (AvgIpc) is 2.39. The zero-order valence-electron chi connectivity index (χ0n) is 9.39. The van der Waals surface area contributed by atoms with Gasteiger partial charge in [0.2, 0.25) is 0 Å². The van der Waals surface area contributed by atoms with Crippen LogP contribution < -0.4 is 0 Å². The number of carboxylic acids is 1. The van der Waals surface area contributed by atoms with Crippen molar-refractivity contribution in [2.45, 2.75) is 9.92 Å². The number of nitro benzene ring substituents is 1. The number of hydrogen-bond acceptors (Lipinski definition) is 6. The monoisotopic (exact) mass is 277 g/mol. The smallest absolute Gasteiger partial charge is 0.357 e. The Kier molecular flexibility index (Phi) is 3.71. The van der Waals surface area contributed by atoms with Gasteiger partial charge in [0, 0.05) is 29.4 Å². The highest BCUT2D eigenvalue weighted by Crippen LogP contribution is 2.28. The van der Waals surface area contributed by atoms with Crippen molar-refractivity contribution in [1.29, 1.82) is 0 Å². The van der Waals surface area contributed by atoms with Crippen molar-refractivity contribution in [2.24, 2.45) is 0 Å². The quantitative estimate of drug-likeness (QED) is 0.674. The van der Waals surface area contributed by atoms with E-state index in [0.29, 0.717) is 4.90 Å². The standard InChI is InChI=1S/C11H7N3O4S/c15-11(16)9-10(13-6-5-12-9)19-8-3-1-7(2-4-8)14(17)18/h1-6H,(H,15,16). The molecule has 0 spiro atoms. The topological polar surface area (TPSA) is 106 Å². The molecular formula is C11H7N3O4S. The molecule has 2 aromatic rings. The molecule has 1 aromatic heterocycles. The Morgan fingerprint density at radius 3 is 2.42 bits per heavy atom. The fourth-order valence-corrected chi connectivity index (χ4v) is 2.14. The van der Waals surface area contributed by atoms with Crippen LogP contribution in [0.15, 0.2) is 46.6 Å². The molecule has 1 heterocycles. The van der Waals surface area contributed by atoms with E-state index in [2.05, 4.69) is 9.97 Å². The lowest BCUT2D eigenvalue weighted by Crippen LogP contribution is -2.03. The van der Waals surface area contributed by atoms with Crippen LogP contribution in [0.3, 0.4) is 0 Å². The van der Waals surface area contributed by atoms with Gasteiger partial charge in [-0.25, -0.2) is 14.8 Å². The van der Waals surface area contributed by atoms with Gasteiger partial charge in [-0.3, -0.25) is 10.1 Å². The lowest BCUT2D eigenvalue weighted by atomic mass is 10.3.